The minimum Gasteiger partial charge on any atom is -0.464 e. The monoisotopic (exact) mass is 990 g/mol. The van der Waals surface area contributed by atoms with Crippen LogP contribution >= 0.6 is 0 Å². The average Bonchev–Trinajstić information content (AvgIpc) is 3.61. The number of aliphatic imine (C=N–C) groups is 1. The van der Waals surface area contributed by atoms with Crippen molar-refractivity contribution in [2.24, 2.45) is 16.3 Å². The lowest BCUT2D eigenvalue weighted by atomic mass is 9.84. The molecule has 0 aliphatic carbocycles. The first-order valence-electron chi connectivity index (χ1n) is 24.7. The van der Waals surface area contributed by atoms with Crippen molar-refractivity contribution in [2.45, 2.75) is 123 Å². The molecular formula is C52H70F3N9O7. The molecule has 4 amide bonds. The van der Waals surface area contributed by atoms with E-state index in [2.05, 4.69) is 27.6 Å². The summed E-state index contributed by atoms with van der Waals surface area (Å²) in [6, 6.07) is 7.08. The molecule has 4 aliphatic heterocycles. The summed E-state index contributed by atoms with van der Waals surface area (Å²) in [5.74, 6) is -2.00. The van der Waals surface area contributed by atoms with E-state index in [1.165, 1.54) is 27.7 Å². The van der Waals surface area contributed by atoms with Crippen LogP contribution in [0, 0.1) is 11.3 Å². The Morgan fingerprint density at radius 1 is 1.13 bits per heavy atom. The Bertz CT molecular complexity index is 2520. The van der Waals surface area contributed by atoms with Gasteiger partial charge in [0.1, 0.15) is 24.7 Å². The van der Waals surface area contributed by atoms with Gasteiger partial charge in [-0.05, 0) is 81.7 Å². The van der Waals surface area contributed by atoms with Crippen LogP contribution in [-0.4, -0.2) is 150 Å². The van der Waals surface area contributed by atoms with Gasteiger partial charge in [-0.25, -0.2) is 10.2 Å². The van der Waals surface area contributed by atoms with Gasteiger partial charge in [0.15, 0.2) is 0 Å². The van der Waals surface area contributed by atoms with Crippen LogP contribution in [0.3, 0.4) is 0 Å². The molecule has 3 aromatic rings. The number of halogens is 3. The number of hydrogen-bond acceptors (Lipinski definition) is 11. The number of nitrogens with zero attached hydrogens (tertiary/aromatic N) is 6. The van der Waals surface area contributed by atoms with E-state index >= 15 is 0 Å². The molecule has 2 aromatic heterocycles. The Morgan fingerprint density at radius 3 is 2.52 bits per heavy atom. The van der Waals surface area contributed by atoms with Crippen molar-refractivity contribution in [3.63, 3.8) is 0 Å². The van der Waals surface area contributed by atoms with Crippen LogP contribution in [0.1, 0.15) is 84.2 Å². The molecule has 0 saturated carbocycles. The number of aromatic nitrogens is 2. The number of nitrogens with one attached hydrogen (secondary N) is 3. The van der Waals surface area contributed by atoms with Crippen molar-refractivity contribution in [1.29, 1.82) is 0 Å². The highest BCUT2D eigenvalue weighted by Crippen LogP contribution is 2.41. The minimum atomic E-state index is -4.62. The third-order valence-corrected chi connectivity index (χ3v) is 14.1. The van der Waals surface area contributed by atoms with E-state index < -0.39 is 60.1 Å². The number of hydrazine groups is 1. The number of rotatable bonds is 10. The van der Waals surface area contributed by atoms with Crippen molar-refractivity contribution in [2.75, 3.05) is 60.1 Å². The second-order valence-corrected chi connectivity index (χ2v) is 20.3. The number of ether oxygens (including phenoxy) is 3. The van der Waals surface area contributed by atoms with Crippen molar-refractivity contribution in [3.8, 4) is 11.3 Å². The molecule has 0 radical (unpaired) electrons. The van der Waals surface area contributed by atoms with E-state index in [9.17, 15) is 32.3 Å². The van der Waals surface area contributed by atoms with E-state index in [0.717, 1.165) is 13.1 Å². The minimum absolute atomic E-state index is 0.0733. The van der Waals surface area contributed by atoms with Crippen LogP contribution in [0.25, 0.3) is 27.7 Å². The van der Waals surface area contributed by atoms with Gasteiger partial charge in [-0.15, -0.1) is 0 Å². The van der Waals surface area contributed by atoms with Gasteiger partial charge in [0.05, 0.1) is 42.0 Å². The average molecular weight is 990 g/mol. The molecule has 19 heteroatoms. The quantitative estimate of drug-likeness (QED) is 0.116. The molecule has 4 atom stereocenters. The number of esters is 1. The second kappa shape index (κ2) is 22.0. The van der Waals surface area contributed by atoms with Gasteiger partial charge in [-0.1, -0.05) is 52.5 Å². The summed E-state index contributed by atoms with van der Waals surface area (Å²) in [4.78, 5) is 70.2. The number of urea groups is 1. The zero-order valence-corrected chi connectivity index (χ0v) is 42.3. The van der Waals surface area contributed by atoms with Crippen molar-refractivity contribution >= 4 is 46.5 Å². The number of pyridine rings is 1. The summed E-state index contributed by atoms with van der Waals surface area (Å²) < 4.78 is 63.3. The molecular weight excluding hydrogens is 920 g/mol. The number of likely N-dealkylation sites (tertiary alicyclic amines) is 1. The summed E-state index contributed by atoms with van der Waals surface area (Å²) in [6.07, 6.45) is 0.0387. The Labute approximate surface area is 414 Å². The molecule has 7 rings (SSSR count). The van der Waals surface area contributed by atoms with Gasteiger partial charge in [0.2, 0.25) is 5.91 Å². The number of allylic oxidation sites excluding steroid dienone is 2. The van der Waals surface area contributed by atoms with Crippen molar-refractivity contribution < 1.29 is 46.6 Å². The maximum Gasteiger partial charge on any atom is 0.406 e. The molecule has 6 bridgehead atoms. The molecule has 1 spiro atoms. The van der Waals surface area contributed by atoms with Gasteiger partial charge >= 0.3 is 18.2 Å². The van der Waals surface area contributed by atoms with E-state index in [-0.39, 0.29) is 49.2 Å². The summed E-state index contributed by atoms with van der Waals surface area (Å²) in [7, 11) is 3.10. The molecule has 3 saturated heterocycles. The highest BCUT2D eigenvalue weighted by molar-refractivity contribution is 5.96. The first-order valence-corrected chi connectivity index (χ1v) is 24.7. The summed E-state index contributed by atoms with van der Waals surface area (Å²) in [5.41, 5.74) is 5.29. The molecule has 3 N–H and O–H groups in total. The van der Waals surface area contributed by atoms with Crippen LogP contribution in [0.5, 0.6) is 0 Å². The molecule has 71 heavy (non-hydrogen) atoms. The molecule has 6 heterocycles. The van der Waals surface area contributed by atoms with E-state index in [1.807, 2.05) is 33.8 Å². The van der Waals surface area contributed by atoms with E-state index in [0.29, 0.717) is 90.1 Å². The lowest BCUT2D eigenvalue weighted by Gasteiger charge is -2.45. The van der Waals surface area contributed by atoms with E-state index in [1.54, 1.807) is 62.3 Å². The second-order valence-electron chi connectivity index (χ2n) is 20.3. The number of likely N-dealkylation sites (N-methyl/N-ethyl adjacent to an activating group) is 1. The largest absolute Gasteiger partial charge is 0.464 e. The fraction of sp³-hybridized carbons (Fsp3) is 0.577. The molecule has 0 unspecified atom stereocenters. The number of piperidine rings is 1. The number of hydrogen-bond donors (Lipinski definition) is 3. The van der Waals surface area contributed by atoms with Crippen LogP contribution in [0.4, 0.5) is 18.0 Å². The predicted octanol–water partition coefficient (Wildman–Crippen LogP) is 6.47. The highest BCUT2D eigenvalue weighted by atomic mass is 19.4. The zero-order valence-electron chi connectivity index (χ0n) is 42.3. The molecule has 386 valence electrons. The van der Waals surface area contributed by atoms with Gasteiger partial charge in [0, 0.05) is 92.7 Å². The standard InChI is InChI=1S/C52H70F3N9O7/c1-10-36(43(57-11-2)33(5)69-9)45-38-28-50(6,7)31-70-48(67)40-16-13-22-64(60-40)47(66)41(27-35-14-12-15-39(58-35)34-17-18-42(37(38)26-34)63(45)30-52(53,54)55)59-46(65)44(32(3)4)61(8)49(68)62-23-19-51(20-24-62)29-56-21-25-71-51/h10-12,14-15,17-18,26,32-33,40-41,44,56,60H,1,13,16,19-25,27-31H2,2-9H3,(H,59,65)/b43-36+,57-11?/t33-,40-,41-,44-/m0/s1. The number of morpholine rings is 1. The number of carbonyl (C=O) groups excluding carboxylic acids is 4. The van der Waals surface area contributed by atoms with Crippen molar-refractivity contribution in [1.82, 2.24) is 40.4 Å². The smallest absolute Gasteiger partial charge is 0.406 e. The van der Waals surface area contributed by atoms with Crippen LogP contribution < -0.4 is 16.1 Å². The Hall–Kier alpha value is -5.63. The number of methoxy groups -OCH3 is 1. The highest BCUT2D eigenvalue weighted by Gasteiger charge is 2.42. The first-order chi connectivity index (χ1) is 33.7. The SMILES string of the molecule is C=C/C(=C(\N=CC)[C@H](C)OC)c1c2c3cc(ccc3n1CC(F)(F)F)-c1cccc(n1)C[C@H](NC(=O)[C@H](C(C)C)N(C)C(=O)N1CCC3(CC1)CNCCO3)C(=O)N1CCC[C@H](N1)C(=O)OCC(C)(C)C2. The first kappa shape index (κ1) is 53.2. The third kappa shape index (κ3) is 12.0. The van der Waals surface area contributed by atoms with Crippen LogP contribution in [-0.2, 0) is 48.0 Å². The molecule has 16 nitrogen and oxygen atoms in total. The summed E-state index contributed by atoms with van der Waals surface area (Å²) in [5, 5.41) is 8.25. The van der Waals surface area contributed by atoms with Gasteiger partial charge in [0.25, 0.3) is 5.91 Å². The number of amides is 4. The van der Waals surface area contributed by atoms with Gasteiger partial charge < -0.3 is 39.2 Å². The fourth-order valence-electron chi connectivity index (χ4n) is 10.4. The summed E-state index contributed by atoms with van der Waals surface area (Å²) >= 11 is 0. The van der Waals surface area contributed by atoms with Crippen LogP contribution in [0.15, 0.2) is 59.7 Å². The maximum atomic E-state index is 14.8. The number of benzene rings is 1. The van der Waals surface area contributed by atoms with Crippen LogP contribution in [0.2, 0.25) is 0 Å². The Balaban J connectivity index is 1.30. The Kier molecular flexibility index (Phi) is 16.5. The van der Waals surface area contributed by atoms with E-state index in [4.69, 9.17) is 19.2 Å². The lowest BCUT2D eigenvalue weighted by Crippen LogP contribution is -2.63. The number of fused-ring (bicyclic) bond motifs is 6. The fourth-order valence-corrected chi connectivity index (χ4v) is 10.4. The number of carbonyl (C=O) groups is 4. The maximum absolute atomic E-state index is 14.8. The number of cyclic esters (lactones) is 1. The van der Waals surface area contributed by atoms with Gasteiger partial charge in [-0.3, -0.25) is 29.4 Å². The zero-order chi connectivity index (χ0) is 51.4. The molecule has 4 aliphatic rings. The lowest BCUT2D eigenvalue weighted by molar-refractivity contribution is -0.155. The van der Waals surface area contributed by atoms with Gasteiger partial charge in [-0.2, -0.15) is 13.2 Å². The normalized spacial score (nSPS) is 22.2. The third-order valence-electron chi connectivity index (χ3n) is 14.1. The topological polar surface area (TPSA) is 172 Å². The molecule has 1 aromatic carbocycles. The Morgan fingerprint density at radius 2 is 1.87 bits per heavy atom. The summed E-state index contributed by atoms with van der Waals surface area (Å²) in [6.45, 7) is 16.8. The molecule has 3 fully saturated rings. The van der Waals surface area contributed by atoms with Crippen molar-refractivity contribution in [3.05, 3.63) is 71.7 Å². The number of alkyl halides is 3. The predicted molar refractivity (Wildman–Crippen MR) is 265 cm³/mol.